The molecule has 2 heterocycles. The van der Waals surface area contributed by atoms with Gasteiger partial charge in [-0.25, -0.2) is 4.98 Å². The zero-order valence-corrected chi connectivity index (χ0v) is 13.4. The molecule has 0 saturated carbocycles. The lowest BCUT2D eigenvalue weighted by Crippen LogP contribution is -2.47. The number of aromatic nitrogens is 2. The summed E-state index contributed by atoms with van der Waals surface area (Å²) in [5.41, 5.74) is -0.516. The molecule has 1 atom stereocenters. The first-order valence-electron chi connectivity index (χ1n) is 6.91. The lowest BCUT2D eigenvalue weighted by Gasteiger charge is -2.18. The van der Waals surface area contributed by atoms with Crippen molar-refractivity contribution >= 4 is 28.1 Å². The highest BCUT2D eigenvalue weighted by Crippen LogP contribution is 2.08. The largest absolute Gasteiger partial charge is 0.357 e. The predicted molar refractivity (Wildman–Crippen MR) is 84.1 cm³/mol. The second-order valence-corrected chi connectivity index (χ2v) is 6.18. The van der Waals surface area contributed by atoms with Gasteiger partial charge in [0.25, 0.3) is 11.5 Å². The van der Waals surface area contributed by atoms with Crippen LogP contribution in [-0.2, 0) is 4.79 Å². The van der Waals surface area contributed by atoms with E-state index >= 15 is 0 Å². The summed E-state index contributed by atoms with van der Waals surface area (Å²) in [6.07, 6.45) is 3.30. The average molecular weight is 322 g/mol. The van der Waals surface area contributed by atoms with Crippen molar-refractivity contribution in [2.24, 2.45) is 5.92 Å². The monoisotopic (exact) mass is 322 g/mol. The quantitative estimate of drug-likeness (QED) is 0.845. The van der Waals surface area contributed by atoms with Crippen molar-refractivity contribution in [1.82, 2.24) is 20.0 Å². The first-order chi connectivity index (χ1) is 10.4. The van der Waals surface area contributed by atoms with Crippen LogP contribution in [-0.4, -0.2) is 34.3 Å². The van der Waals surface area contributed by atoms with Gasteiger partial charge < -0.3 is 10.6 Å². The van der Waals surface area contributed by atoms with Crippen LogP contribution in [0.3, 0.4) is 0 Å². The number of amides is 2. The van der Waals surface area contributed by atoms with Gasteiger partial charge in [0.2, 0.25) is 5.91 Å². The Morgan fingerprint density at radius 2 is 2.14 bits per heavy atom. The molecule has 2 aromatic rings. The number of thiazole rings is 1. The fourth-order valence-corrected chi connectivity index (χ4v) is 2.77. The summed E-state index contributed by atoms with van der Waals surface area (Å²) in [5.74, 6) is -0.653. The molecule has 0 aliphatic heterocycles. The van der Waals surface area contributed by atoms with E-state index in [1.54, 1.807) is 11.6 Å². The Bertz CT molecular complexity index is 750. The molecule has 0 aliphatic rings. The van der Waals surface area contributed by atoms with Crippen molar-refractivity contribution in [3.05, 3.63) is 33.7 Å². The maximum absolute atomic E-state index is 12.3. The standard InChI is InChI=1S/C14H18N4O3S/c1-8(2)6-10(12(20)15-3)17-11(19)9-7-16-14-18(13(9)21)4-5-22-14/h4-5,7-8,10H,6H2,1-3H3,(H,15,20)(H,17,19)/t10-/m0/s1. The Morgan fingerprint density at radius 1 is 1.41 bits per heavy atom. The summed E-state index contributed by atoms with van der Waals surface area (Å²) in [4.78, 5) is 41.0. The van der Waals surface area contributed by atoms with Gasteiger partial charge in [0, 0.05) is 24.8 Å². The summed E-state index contributed by atoms with van der Waals surface area (Å²) in [6.45, 7) is 3.91. The van der Waals surface area contributed by atoms with Crippen LogP contribution < -0.4 is 16.2 Å². The molecule has 2 aromatic heterocycles. The molecule has 0 fully saturated rings. The SMILES string of the molecule is CNC(=O)[C@H](CC(C)C)NC(=O)c1cnc2sccn2c1=O. The number of nitrogens with one attached hydrogen (secondary N) is 2. The maximum Gasteiger partial charge on any atom is 0.271 e. The third-order valence-electron chi connectivity index (χ3n) is 3.16. The van der Waals surface area contributed by atoms with Crippen LogP contribution in [0.4, 0.5) is 0 Å². The van der Waals surface area contributed by atoms with Crippen LogP contribution in [0.15, 0.2) is 22.6 Å². The second-order valence-electron chi connectivity index (χ2n) is 5.30. The summed E-state index contributed by atoms with van der Waals surface area (Å²) in [5, 5.41) is 6.85. The normalized spacial score (nSPS) is 12.4. The summed E-state index contributed by atoms with van der Waals surface area (Å²) >= 11 is 1.31. The molecule has 2 rings (SSSR count). The van der Waals surface area contributed by atoms with E-state index in [1.807, 2.05) is 13.8 Å². The van der Waals surface area contributed by atoms with E-state index in [-0.39, 0.29) is 17.4 Å². The Morgan fingerprint density at radius 3 is 2.77 bits per heavy atom. The van der Waals surface area contributed by atoms with Gasteiger partial charge in [0.15, 0.2) is 4.96 Å². The molecule has 2 amide bonds. The fourth-order valence-electron chi connectivity index (χ4n) is 2.09. The Labute approximate surface area is 131 Å². The van der Waals surface area contributed by atoms with Crippen molar-refractivity contribution in [3.8, 4) is 0 Å². The molecular weight excluding hydrogens is 304 g/mol. The summed E-state index contributed by atoms with van der Waals surface area (Å²) in [7, 11) is 1.51. The number of hydrogen-bond donors (Lipinski definition) is 2. The molecule has 22 heavy (non-hydrogen) atoms. The predicted octanol–water partition coefficient (Wildman–Crippen LogP) is 0.646. The summed E-state index contributed by atoms with van der Waals surface area (Å²) in [6, 6.07) is -0.680. The highest BCUT2D eigenvalue weighted by molar-refractivity contribution is 7.15. The first-order valence-corrected chi connectivity index (χ1v) is 7.79. The van der Waals surface area contributed by atoms with Crippen molar-refractivity contribution < 1.29 is 9.59 Å². The smallest absolute Gasteiger partial charge is 0.271 e. The van der Waals surface area contributed by atoms with Gasteiger partial charge in [0.1, 0.15) is 11.6 Å². The van der Waals surface area contributed by atoms with Crippen molar-refractivity contribution in [1.29, 1.82) is 0 Å². The topological polar surface area (TPSA) is 92.6 Å². The van der Waals surface area contributed by atoms with Crippen molar-refractivity contribution in [2.75, 3.05) is 7.05 Å². The van der Waals surface area contributed by atoms with E-state index in [0.717, 1.165) is 0 Å². The molecule has 0 saturated heterocycles. The molecule has 118 valence electrons. The van der Waals surface area contributed by atoms with Crippen LogP contribution >= 0.6 is 11.3 Å². The van der Waals surface area contributed by atoms with E-state index in [4.69, 9.17) is 0 Å². The van der Waals surface area contributed by atoms with Crippen molar-refractivity contribution in [3.63, 3.8) is 0 Å². The van der Waals surface area contributed by atoms with E-state index in [0.29, 0.717) is 11.4 Å². The van der Waals surface area contributed by atoms with Gasteiger partial charge in [-0.1, -0.05) is 13.8 Å². The molecule has 0 radical (unpaired) electrons. The second kappa shape index (κ2) is 6.69. The van der Waals surface area contributed by atoms with E-state index in [2.05, 4.69) is 15.6 Å². The van der Waals surface area contributed by atoms with Gasteiger partial charge in [-0.2, -0.15) is 0 Å². The Kier molecular flexibility index (Phi) is 4.92. The van der Waals surface area contributed by atoms with E-state index in [9.17, 15) is 14.4 Å². The van der Waals surface area contributed by atoms with Gasteiger partial charge >= 0.3 is 0 Å². The van der Waals surface area contributed by atoms with Crippen molar-refractivity contribution in [2.45, 2.75) is 26.3 Å². The third kappa shape index (κ3) is 3.33. The summed E-state index contributed by atoms with van der Waals surface area (Å²) < 4.78 is 1.32. The Hall–Kier alpha value is -2.22. The molecule has 2 N–H and O–H groups in total. The third-order valence-corrected chi connectivity index (χ3v) is 3.93. The number of hydrogen-bond acceptors (Lipinski definition) is 5. The van der Waals surface area contributed by atoms with Crippen LogP contribution in [0.5, 0.6) is 0 Å². The van der Waals surface area contributed by atoms with E-state index < -0.39 is 17.5 Å². The molecule has 7 nitrogen and oxygen atoms in total. The van der Waals surface area contributed by atoms with Gasteiger partial charge in [-0.3, -0.25) is 18.8 Å². The molecule has 8 heteroatoms. The molecule has 0 spiro atoms. The van der Waals surface area contributed by atoms with Crippen LogP contribution in [0, 0.1) is 5.92 Å². The van der Waals surface area contributed by atoms with E-state index in [1.165, 1.54) is 29.0 Å². The van der Waals surface area contributed by atoms with Gasteiger partial charge in [-0.15, -0.1) is 11.3 Å². The van der Waals surface area contributed by atoms with Crippen LogP contribution in [0.2, 0.25) is 0 Å². The molecule has 0 aliphatic carbocycles. The zero-order chi connectivity index (χ0) is 16.3. The number of fused-ring (bicyclic) bond motifs is 1. The highest BCUT2D eigenvalue weighted by Gasteiger charge is 2.23. The Balaban J connectivity index is 2.26. The molecule has 0 bridgehead atoms. The molecule has 0 unspecified atom stereocenters. The number of carbonyl (C=O) groups is 2. The number of nitrogens with zero attached hydrogens (tertiary/aromatic N) is 2. The minimum atomic E-state index is -0.680. The first kappa shape index (κ1) is 16.2. The van der Waals surface area contributed by atoms with Gasteiger partial charge in [-0.05, 0) is 12.3 Å². The van der Waals surface area contributed by atoms with Crippen LogP contribution in [0.25, 0.3) is 4.96 Å². The highest BCUT2D eigenvalue weighted by atomic mass is 32.1. The maximum atomic E-state index is 12.3. The minimum Gasteiger partial charge on any atom is -0.357 e. The fraction of sp³-hybridized carbons (Fsp3) is 0.429. The average Bonchev–Trinajstić information content (AvgIpc) is 2.94. The lowest BCUT2D eigenvalue weighted by molar-refractivity contribution is -0.122. The molecular formula is C14H18N4O3S. The number of rotatable bonds is 5. The lowest BCUT2D eigenvalue weighted by atomic mass is 10.0. The van der Waals surface area contributed by atoms with Crippen LogP contribution in [0.1, 0.15) is 30.6 Å². The number of carbonyl (C=O) groups excluding carboxylic acids is 2. The minimum absolute atomic E-state index is 0.0754. The zero-order valence-electron chi connectivity index (χ0n) is 12.6. The van der Waals surface area contributed by atoms with Gasteiger partial charge in [0.05, 0.1) is 0 Å². The number of likely N-dealkylation sites (N-methyl/N-ethyl adjacent to an activating group) is 1. The molecule has 0 aromatic carbocycles.